The minimum Gasteiger partial charge on any atom is -0.375 e. The van der Waals surface area contributed by atoms with E-state index in [9.17, 15) is 4.79 Å². The predicted molar refractivity (Wildman–Crippen MR) is 72.0 cm³/mol. The van der Waals surface area contributed by atoms with Gasteiger partial charge in [-0.25, -0.2) is 4.31 Å². The summed E-state index contributed by atoms with van der Waals surface area (Å²) < 4.78 is 7.65. The minimum atomic E-state index is -0.179. The molecule has 1 fully saturated rings. The van der Waals surface area contributed by atoms with Gasteiger partial charge in [0.05, 0.1) is 12.2 Å². The average Bonchev–Trinajstić information content (AvgIpc) is 2.47. The smallest absolute Gasteiger partial charge is 0.187 e. The van der Waals surface area contributed by atoms with Crippen LogP contribution in [0.25, 0.3) is 0 Å². The number of nitrogens with zero attached hydrogens (tertiary/aromatic N) is 1. The molecule has 0 aromatic heterocycles. The van der Waals surface area contributed by atoms with Crippen molar-refractivity contribution in [2.45, 2.75) is 57.3 Å². The Morgan fingerprint density at radius 2 is 2.25 bits per heavy atom. The summed E-state index contributed by atoms with van der Waals surface area (Å²) in [6.45, 7) is 4.07. The second-order valence-electron chi connectivity index (χ2n) is 4.87. The SMILES string of the molecule is CC(C)OC1CCC(CC(=O)S)(N(C)S)C1. The highest BCUT2D eigenvalue weighted by atomic mass is 32.1. The van der Waals surface area contributed by atoms with Crippen molar-refractivity contribution in [1.82, 2.24) is 4.31 Å². The van der Waals surface area contributed by atoms with Gasteiger partial charge in [-0.05, 0) is 40.2 Å². The molecule has 0 aliphatic heterocycles. The van der Waals surface area contributed by atoms with Crippen LogP contribution in [0.3, 0.4) is 0 Å². The van der Waals surface area contributed by atoms with Gasteiger partial charge < -0.3 is 4.74 Å². The van der Waals surface area contributed by atoms with Crippen molar-refractivity contribution in [1.29, 1.82) is 0 Å². The number of rotatable bonds is 5. The summed E-state index contributed by atoms with van der Waals surface area (Å²) >= 11 is 8.26. The molecule has 2 atom stereocenters. The molecule has 1 saturated carbocycles. The van der Waals surface area contributed by atoms with Crippen LogP contribution in [0.5, 0.6) is 0 Å². The minimum absolute atomic E-state index is 0.0777. The molecule has 0 saturated heterocycles. The van der Waals surface area contributed by atoms with E-state index in [1.54, 1.807) is 0 Å². The zero-order valence-corrected chi connectivity index (χ0v) is 11.9. The summed E-state index contributed by atoms with van der Waals surface area (Å²) in [6, 6.07) is 0. The second-order valence-corrected chi connectivity index (χ2v) is 5.97. The van der Waals surface area contributed by atoms with Crippen LogP contribution in [0.1, 0.15) is 39.5 Å². The van der Waals surface area contributed by atoms with Crippen molar-refractivity contribution in [3.05, 3.63) is 0 Å². The van der Waals surface area contributed by atoms with Gasteiger partial charge in [0.25, 0.3) is 0 Å². The monoisotopic (exact) mass is 263 g/mol. The largest absolute Gasteiger partial charge is 0.375 e. The van der Waals surface area contributed by atoms with Crippen LogP contribution in [0, 0.1) is 0 Å². The molecule has 1 rings (SSSR count). The van der Waals surface area contributed by atoms with Crippen molar-refractivity contribution in [2.24, 2.45) is 0 Å². The summed E-state index contributed by atoms with van der Waals surface area (Å²) in [7, 11) is 1.90. The molecule has 0 aromatic rings. The standard InChI is InChI=1S/C11H21NO2S2/c1-8(2)14-9-4-5-11(6-9,12(3)16)7-10(13)15/h8-9,16H,4-7H2,1-3H3,(H,13,15). The van der Waals surface area contributed by atoms with Crippen molar-refractivity contribution < 1.29 is 9.53 Å². The zero-order valence-electron chi connectivity index (χ0n) is 10.1. The summed E-state index contributed by atoms with van der Waals surface area (Å²) in [5.41, 5.74) is -0.179. The molecule has 0 bridgehead atoms. The highest BCUT2D eigenvalue weighted by Crippen LogP contribution is 2.40. The molecule has 5 heteroatoms. The maximum absolute atomic E-state index is 11.2. The molecular formula is C11H21NO2S2. The molecule has 0 radical (unpaired) electrons. The van der Waals surface area contributed by atoms with Gasteiger partial charge in [-0.1, -0.05) is 12.8 Å². The van der Waals surface area contributed by atoms with Crippen LogP contribution in [0.4, 0.5) is 0 Å². The third-order valence-corrected chi connectivity index (χ3v) is 3.75. The number of carbonyl (C=O) groups is 1. The first-order valence-corrected chi connectivity index (χ1v) is 6.50. The summed E-state index contributed by atoms with van der Waals surface area (Å²) in [5.74, 6) is 0. The Kier molecular flexibility index (Phi) is 5.16. The van der Waals surface area contributed by atoms with Crippen LogP contribution >= 0.6 is 25.4 Å². The van der Waals surface area contributed by atoms with Crippen molar-refractivity contribution in [3.8, 4) is 0 Å². The van der Waals surface area contributed by atoms with E-state index in [-0.39, 0.29) is 22.9 Å². The van der Waals surface area contributed by atoms with Gasteiger partial charge in [-0.15, -0.1) is 12.6 Å². The fourth-order valence-electron chi connectivity index (χ4n) is 2.41. The lowest BCUT2D eigenvalue weighted by Gasteiger charge is -2.34. The van der Waals surface area contributed by atoms with E-state index in [2.05, 4.69) is 25.4 Å². The maximum atomic E-state index is 11.2. The lowest BCUT2D eigenvalue weighted by molar-refractivity contribution is -0.112. The van der Waals surface area contributed by atoms with E-state index < -0.39 is 0 Å². The van der Waals surface area contributed by atoms with Crippen LogP contribution in [-0.2, 0) is 9.53 Å². The van der Waals surface area contributed by atoms with E-state index in [4.69, 9.17) is 4.74 Å². The van der Waals surface area contributed by atoms with Crippen LogP contribution in [-0.4, -0.2) is 34.2 Å². The molecule has 1 aliphatic rings. The molecule has 0 spiro atoms. The Morgan fingerprint density at radius 3 is 2.69 bits per heavy atom. The number of hydrogen-bond acceptors (Lipinski definition) is 4. The molecule has 0 heterocycles. The Morgan fingerprint density at radius 1 is 1.62 bits per heavy atom. The Bertz CT molecular complexity index is 258. The zero-order chi connectivity index (χ0) is 12.3. The van der Waals surface area contributed by atoms with Gasteiger partial charge in [0.1, 0.15) is 0 Å². The molecule has 1 aliphatic carbocycles. The highest BCUT2D eigenvalue weighted by molar-refractivity contribution is 7.96. The van der Waals surface area contributed by atoms with Crippen LogP contribution < -0.4 is 0 Å². The molecule has 2 unspecified atom stereocenters. The summed E-state index contributed by atoms with van der Waals surface area (Å²) in [5, 5.41) is -0.0777. The van der Waals surface area contributed by atoms with E-state index in [1.807, 2.05) is 25.2 Å². The highest BCUT2D eigenvalue weighted by Gasteiger charge is 2.43. The summed E-state index contributed by atoms with van der Waals surface area (Å²) in [6.07, 6.45) is 3.70. The number of carbonyl (C=O) groups excluding carboxylic acids is 1. The Balaban J connectivity index is 2.65. The van der Waals surface area contributed by atoms with Gasteiger partial charge >= 0.3 is 0 Å². The van der Waals surface area contributed by atoms with Gasteiger partial charge in [0, 0.05) is 12.0 Å². The van der Waals surface area contributed by atoms with E-state index in [0.717, 1.165) is 19.3 Å². The maximum Gasteiger partial charge on any atom is 0.187 e. The van der Waals surface area contributed by atoms with E-state index in [0.29, 0.717) is 6.42 Å². The average molecular weight is 263 g/mol. The normalized spacial score (nSPS) is 30.3. The van der Waals surface area contributed by atoms with Crippen molar-refractivity contribution >= 4 is 30.6 Å². The summed E-state index contributed by atoms with van der Waals surface area (Å²) in [4.78, 5) is 11.2. The number of ether oxygens (including phenoxy) is 1. The van der Waals surface area contributed by atoms with Gasteiger partial charge in [-0.3, -0.25) is 4.79 Å². The van der Waals surface area contributed by atoms with Gasteiger partial charge in [0.15, 0.2) is 5.12 Å². The van der Waals surface area contributed by atoms with Gasteiger partial charge in [-0.2, -0.15) is 0 Å². The first kappa shape index (κ1) is 14.4. The molecule has 0 aromatic carbocycles. The fourth-order valence-corrected chi connectivity index (χ4v) is 2.96. The first-order valence-electron chi connectivity index (χ1n) is 5.66. The molecule has 0 N–H and O–H groups in total. The quantitative estimate of drug-likeness (QED) is 0.746. The topological polar surface area (TPSA) is 29.5 Å². The number of hydrogen-bond donors (Lipinski definition) is 2. The van der Waals surface area contributed by atoms with Crippen molar-refractivity contribution in [2.75, 3.05) is 7.05 Å². The molecular weight excluding hydrogens is 242 g/mol. The Labute approximate surface area is 109 Å². The number of thiol groups is 2. The van der Waals surface area contributed by atoms with Crippen molar-refractivity contribution in [3.63, 3.8) is 0 Å². The van der Waals surface area contributed by atoms with E-state index in [1.165, 1.54) is 0 Å². The molecule has 3 nitrogen and oxygen atoms in total. The molecule has 16 heavy (non-hydrogen) atoms. The van der Waals surface area contributed by atoms with Crippen LogP contribution in [0.15, 0.2) is 0 Å². The lowest BCUT2D eigenvalue weighted by atomic mass is 9.94. The molecule has 0 amide bonds. The Hall–Kier alpha value is 0.290. The second kappa shape index (κ2) is 5.76. The predicted octanol–water partition coefficient (Wildman–Crippen LogP) is 2.33. The lowest BCUT2D eigenvalue weighted by Crippen LogP contribution is -2.41. The third kappa shape index (κ3) is 3.65. The fraction of sp³-hybridized carbons (Fsp3) is 0.909. The van der Waals surface area contributed by atoms with Crippen LogP contribution in [0.2, 0.25) is 0 Å². The van der Waals surface area contributed by atoms with Gasteiger partial charge in [0.2, 0.25) is 0 Å². The first-order chi connectivity index (χ1) is 7.35. The molecule has 94 valence electrons. The van der Waals surface area contributed by atoms with E-state index >= 15 is 0 Å². The third-order valence-electron chi connectivity index (χ3n) is 3.17.